The largest absolute Gasteiger partial charge is 0.385 e. The molecule has 5 heteroatoms. The highest BCUT2D eigenvalue weighted by atomic mass is 32.1. The molecule has 26 heavy (non-hydrogen) atoms. The van der Waals surface area contributed by atoms with Gasteiger partial charge in [-0.15, -0.1) is 11.3 Å². The molecule has 0 radical (unpaired) electrons. The van der Waals surface area contributed by atoms with Crippen LogP contribution < -0.4 is 5.32 Å². The number of nitrogens with zero attached hydrogens (tertiary/aromatic N) is 2. The van der Waals surface area contributed by atoms with Crippen molar-refractivity contribution in [1.82, 2.24) is 9.97 Å². The minimum absolute atomic E-state index is 0.599. The van der Waals surface area contributed by atoms with Gasteiger partial charge < -0.3 is 10.1 Å². The lowest BCUT2D eigenvalue weighted by atomic mass is 10.1. The van der Waals surface area contributed by atoms with Gasteiger partial charge in [0.05, 0.1) is 5.69 Å². The summed E-state index contributed by atoms with van der Waals surface area (Å²) in [4.78, 5) is 19.6. The van der Waals surface area contributed by atoms with Crippen LogP contribution in [0.25, 0.3) is 21.8 Å². The van der Waals surface area contributed by atoms with Crippen LogP contribution in [0.4, 0.5) is 5.69 Å². The fourth-order valence-corrected chi connectivity index (χ4v) is 3.55. The summed E-state index contributed by atoms with van der Waals surface area (Å²) < 4.78 is 0. The summed E-state index contributed by atoms with van der Waals surface area (Å²) in [7, 11) is 0. The van der Waals surface area contributed by atoms with Crippen LogP contribution in [-0.4, -0.2) is 22.8 Å². The van der Waals surface area contributed by atoms with Gasteiger partial charge in [-0.1, -0.05) is 25.5 Å². The molecule has 3 aromatic rings. The van der Waals surface area contributed by atoms with Gasteiger partial charge >= 0.3 is 0 Å². The molecule has 0 saturated carbocycles. The van der Waals surface area contributed by atoms with E-state index in [9.17, 15) is 4.79 Å². The molecule has 4 nitrogen and oxygen atoms in total. The highest BCUT2D eigenvalue weighted by Gasteiger charge is 2.08. The number of aldehydes is 1. The molecule has 3 rings (SSSR count). The lowest BCUT2D eigenvalue weighted by Crippen LogP contribution is -2.01. The predicted octanol–water partition coefficient (Wildman–Crippen LogP) is 5.22. The number of thiazole rings is 1. The third-order valence-electron chi connectivity index (χ3n) is 4.08. The number of carbonyl (C=O) groups is 1. The highest BCUT2D eigenvalue weighted by Crippen LogP contribution is 2.29. The van der Waals surface area contributed by atoms with Crippen molar-refractivity contribution in [3.05, 3.63) is 53.7 Å². The molecule has 0 saturated heterocycles. The SMILES string of the molecule is CCCc1cc(-c2nc(-c3ccc(NCCCC=O)cc3)cs2)ccn1. The van der Waals surface area contributed by atoms with Crippen molar-refractivity contribution >= 4 is 23.3 Å². The van der Waals surface area contributed by atoms with E-state index in [0.717, 1.165) is 65.3 Å². The van der Waals surface area contributed by atoms with Crippen LogP contribution in [0.3, 0.4) is 0 Å². The maximum atomic E-state index is 10.3. The van der Waals surface area contributed by atoms with Crippen molar-refractivity contribution in [2.24, 2.45) is 0 Å². The minimum Gasteiger partial charge on any atom is -0.385 e. The molecule has 0 aliphatic rings. The monoisotopic (exact) mass is 365 g/mol. The molecular formula is C21H23N3OS. The predicted molar refractivity (Wildman–Crippen MR) is 109 cm³/mol. The third-order valence-corrected chi connectivity index (χ3v) is 4.97. The zero-order chi connectivity index (χ0) is 18.2. The first kappa shape index (κ1) is 18.3. The molecule has 0 aliphatic carbocycles. The normalized spacial score (nSPS) is 10.7. The van der Waals surface area contributed by atoms with Crippen LogP contribution in [-0.2, 0) is 11.2 Å². The molecule has 1 N–H and O–H groups in total. The summed E-state index contributed by atoms with van der Waals surface area (Å²) >= 11 is 1.66. The van der Waals surface area contributed by atoms with E-state index in [1.165, 1.54) is 0 Å². The summed E-state index contributed by atoms with van der Waals surface area (Å²) in [6, 6.07) is 12.4. The number of hydrogen-bond donors (Lipinski definition) is 1. The average Bonchev–Trinajstić information content (AvgIpc) is 3.17. The van der Waals surface area contributed by atoms with Crippen molar-refractivity contribution in [2.75, 3.05) is 11.9 Å². The second-order valence-electron chi connectivity index (χ2n) is 6.14. The van der Waals surface area contributed by atoms with Gasteiger partial charge in [-0.25, -0.2) is 4.98 Å². The Bertz CT molecular complexity index is 842. The first-order valence-electron chi connectivity index (χ1n) is 8.99. The average molecular weight is 366 g/mol. The smallest absolute Gasteiger partial charge is 0.124 e. The van der Waals surface area contributed by atoms with Crippen molar-refractivity contribution in [2.45, 2.75) is 32.6 Å². The van der Waals surface area contributed by atoms with Gasteiger partial charge in [0, 0.05) is 47.1 Å². The summed E-state index contributed by atoms with van der Waals surface area (Å²) in [5.74, 6) is 0. The zero-order valence-corrected chi connectivity index (χ0v) is 15.8. The van der Waals surface area contributed by atoms with Crippen molar-refractivity contribution in [1.29, 1.82) is 0 Å². The standard InChI is InChI=1S/C21H23N3OS/c1-2-5-19-14-17(10-12-23-19)21-24-20(15-26-21)16-6-8-18(9-7-16)22-11-3-4-13-25/h6-10,12-15,22H,2-5,11H2,1H3. The molecule has 2 aromatic heterocycles. The van der Waals surface area contributed by atoms with E-state index in [2.05, 4.69) is 52.9 Å². The summed E-state index contributed by atoms with van der Waals surface area (Å²) in [6.45, 7) is 2.97. The van der Waals surface area contributed by atoms with Crippen LogP contribution >= 0.6 is 11.3 Å². The van der Waals surface area contributed by atoms with E-state index >= 15 is 0 Å². The van der Waals surface area contributed by atoms with Crippen LogP contribution in [0, 0.1) is 0 Å². The molecule has 0 bridgehead atoms. The van der Waals surface area contributed by atoms with E-state index < -0.39 is 0 Å². The van der Waals surface area contributed by atoms with Crippen LogP contribution in [0.2, 0.25) is 0 Å². The van der Waals surface area contributed by atoms with Crippen LogP contribution in [0.15, 0.2) is 48.0 Å². The number of aromatic nitrogens is 2. The van der Waals surface area contributed by atoms with Gasteiger partial charge in [-0.2, -0.15) is 0 Å². The summed E-state index contributed by atoms with van der Waals surface area (Å²) in [5.41, 5.74) is 5.41. The number of carbonyl (C=O) groups excluding carboxylic acids is 1. The number of benzene rings is 1. The summed E-state index contributed by atoms with van der Waals surface area (Å²) in [6.07, 6.45) is 6.36. The highest BCUT2D eigenvalue weighted by molar-refractivity contribution is 7.13. The minimum atomic E-state index is 0.599. The van der Waals surface area contributed by atoms with Crippen LogP contribution in [0.5, 0.6) is 0 Å². The first-order chi connectivity index (χ1) is 12.8. The molecule has 0 atom stereocenters. The maximum Gasteiger partial charge on any atom is 0.124 e. The van der Waals surface area contributed by atoms with Gasteiger partial charge in [-0.05, 0) is 37.1 Å². The van der Waals surface area contributed by atoms with Crippen LogP contribution in [0.1, 0.15) is 31.9 Å². The van der Waals surface area contributed by atoms with Crippen molar-refractivity contribution < 1.29 is 4.79 Å². The Labute approximate surface area is 158 Å². The molecule has 2 heterocycles. The van der Waals surface area contributed by atoms with Gasteiger partial charge in [0.25, 0.3) is 0 Å². The fourth-order valence-electron chi connectivity index (χ4n) is 2.72. The quantitative estimate of drug-likeness (QED) is 0.417. The molecule has 0 fully saturated rings. The Kier molecular flexibility index (Phi) is 6.50. The van der Waals surface area contributed by atoms with Gasteiger partial charge in [0.1, 0.15) is 11.3 Å². The van der Waals surface area contributed by atoms with Gasteiger partial charge in [0.2, 0.25) is 0 Å². The Morgan fingerprint density at radius 1 is 1.15 bits per heavy atom. The summed E-state index contributed by atoms with van der Waals surface area (Å²) in [5, 5.41) is 6.45. The number of unbranched alkanes of at least 4 members (excludes halogenated alkanes) is 1. The second kappa shape index (κ2) is 9.25. The first-order valence-corrected chi connectivity index (χ1v) is 9.87. The van der Waals surface area contributed by atoms with E-state index in [1.807, 2.05) is 12.3 Å². The van der Waals surface area contributed by atoms with E-state index in [1.54, 1.807) is 11.3 Å². The molecule has 0 spiro atoms. The number of rotatable bonds is 9. The fraction of sp³-hybridized carbons (Fsp3) is 0.286. The Morgan fingerprint density at radius 2 is 2.00 bits per heavy atom. The molecule has 0 amide bonds. The number of hydrogen-bond acceptors (Lipinski definition) is 5. The van der Waals surface area contributed by atoms with Crippen molar-refractivity contribution in [3.8, 4) is 21.8 Å². The Morgan fingerprint density at radius 3 is 2.77 bits per heavy atom. The lowest BCUT2D eigenvalue weighted by molar-refractivity contribution is -0.107. The molecular weight excluding hydrogens is 342 g/mol. The maximum absolute atomic E-state index is 10.3. The van der Waals surface area contributed by atoms with Gasteiger partial charge in [-0.3, -0.25) is 4.98 Å². The molecule has 1 aromatic carbocycles. The number of anilines is 1. The van der Waals surface area contributed by atoms with E-state index in [0.29, 0.717) is 6.42 Å². The third kappa shape index (κ3) is 4.76. The molecule has 134 valence electrons. The molecule has 0 unspecified atom stereocenters. The van der Waals surface area contributed by atoms with Gasteiger partial charge in [0.15, 0.2) is 0 Å². The zero-order valence-electron chi connectivity index (χ0n) is 14.9. The Balaban J connectivity index is 1.69. The lowest BCUT2D eigenvalue weighted by Gasteiger charge is -2.05. The number of pyridine rings is 1. The number of aryl methyl sites for hydroxylation is 1. The van der Waals surface area contributed by atoms with E-state index in [4.69, 9.17) is 4.98 Å². The topological polar surface area (TPSA) is 54.9 Å². The molecule has 0 aliphatic heterocycles. The van der Waals surface area contributed by atoms with E-state index in [-0.39, 0.29) is 0 Å². The number of nitrogens with one attached hydrogen (secondary N) is 1. The Hall–Kier alpha value is -2.53. The van der Waals surface area contributed by atoms with Crippen molar-refractivity contribution in [3.63, 3.8) is 0 Å². The second-order valence-corrected chi connectivity index (χ2v) is 6.99.